The molecule has 0 saturated heterocycles. The van der Waals surface area contributed by atoms with Crippen LogP contribution in [0.2, 0.25) is 10.0 Å². The Morgan fingerprint density at radius 3 is 2.40 bits per heavy atom. The molecule has 1 unspecified atom stereocenters. The van der Waals surface area contributed by atoms with Gasteiger partial charge in [0, 0.05) is 5.02 Å². The molecule has 0 spiro atoms. The first-order chi connectivity index (χ1) is 6.76. The Labute approximate surface area is 103 Å². The SMILES string of the molecule is CC(S)S(=O)(=O)c1cc(Cl)cc(Cl)c1O. The molecule has 1 atom stereocenters. The minimum atomic E-state index is -3.71. The van der Waals surface area contributed by atoms with Crippen molar-refractivity contribution < 1.29 is 13.5 Å². The maximum atomic E-state index is 11.7. The second-order valence-electron chi connectivity index (χ2n) is 2.88. The summed E-state index contributed by atoms with van der Waals surface area (Å²) in [6.45, 7) is 1.38. The van der Waals surface area contributed by atoms with Crippen LogP contribution in [-0.2, 0) is 9.84 Å². The van der Waals surface area contributed by atoms with E-state index in [1.54, 1.807) is 0 Å². The first-order valence-electron chi connectivity index (χ1n) is 3.86. The smallest absolute Gasteiger partial charge is 0.193 e. The van der Waals surface area contributed by atoms with Gasteiger partial charge >= 0.3 is 0 Å². The molecule has 3 nitrogen and oxygen atoms in total. The highest BCUT2D eigenvalue weighted by Crippen LogP contribution is 2.36. The fourth-order valence-electron chi connectivity index (χ4n) is 0.943. The van der Waals surface area contributed by atoms with E-state index < -0.39 is 20.2 Å². The average Bonchev–Trinajstić information content (AvgIpc) is 2.10. The lowest BCUT2D eigenvalue weighted by Crippen LogP contribution is -2.12. The van der Waals surface area contributed by atoms with Crippen molar-refractivity contribution in [1.82, 2.24) is 0 Å². The molecule has 1 aromatic carbocycles. The zero-order chi connectivity index (χ0) is 11.8. The molecule has 15 heavy (non-hydrogen) atoms. The van der Waals surface area contributed by atoms with Crippen LogP contribution in [0.5, 0.6) is 5.75 Å². The monoisotopic (exact) mass is 286 g/mol. The van der Waals surface area contributed by atoms with Gasteiger partial charge in [-0.15, -0.1) is 0 Å². The molecule has 0 aliphatic heterocycles. The number of phenolic OH excluding ortho intramolecular Hbond substituents is 1. The topological polar surface area (TPSA) is 54.4 Å². The van der Waals surface area contributed by atoms with Crippen LogP contribution in [0.1, 0.15) is 6.92 Å². The van der Waals surface area contributed by atoms with E-state index in [2.05, 4.69) is 12.6 Å². The van der Waals surface area contributed by atoms with Crippen molar-refractivity contribution in [2.24, 2.45) is 0 Å². The van der Waals surface area contributed by atoms with Crippen LogP contribution >= 0.6 is 35.8 Å². The van der Waals surface area contributed by atoms with E-state index in [1.807, 2.05) is 0 Å². The quantitative estimate of drug-likeness (QED) is 0.822. The van der Waals surface area contributed by atoms with Gasteiger partial charge in [0.2, 0.25) is 0 Å². The summed E-state index contributed by atoms with van der Waals surface area (Å²) in [7, 11) is -3.71. The van der Waals surface area contributed by atoms with Gasteiger partial charge in [-0.1, -0.05) is 23.2 Å². The van der Waals surface area contributed by atoms with Crippen LogP contribution in [0, 0.1) is 0 Å². The number of sulfone groups is 1. The summed E-state index contributed by atoms with van der Waals surface area (Å²) in [5.74, 6) is -0.498. The van der Waals surface area contributed by atoms with Crippen LogP contribution in [0.15, 0.2) is 17.0 Å². The zero-order valence-electron chi connectivity index (χ0n) is 7.61. The number of rotatable bonds is 2. The molecule has 0 aliphatic rings. The molecule has 1 aromatic rings. The lowest BCUT2D eigenvalue weighted by molar-refractivity contribution is 0.459. The third-order valence-electron chi connectivity index (χ3n) is 1.75. The Morgan fingerprint density at radius 2 is 1.93 bits per heavy atom. The van der Waals surface area contributed by atoms with Gasteiger partial charge in [-0.3, -0.25) is 0 Å². The molecular formula is C8H8Cl2O3S2. The fraction of sp³-hybridized carbons (Fsp3) is 0.250. The number of phenols is 1. The summed E-state index contributed by atoms with van der Waals surface area (Å²) in [5.41, 5.74) is 0. The van der Waals surface area contributed by atoms with Crippen molar-refractivity contribution in [2.45, 2.75) is 16.4 Å². The van der Waals surface area contributed by atoms with Crippen molar-refractivity contribution in [3.63, 3.8) is 0 Å². The normalized spacial score (nSPS) is 13.9. The largest absolute Gasteiger partial charge is 0.505 e. The minimum absolute atomic E-state index is 0.102. The lowest BCUT2D eigenvalue weighted by atomic mass is 10.3. The maximum absolute atomic E-state index is 11.7. The summed E-state index contributed by atoms with van der Waals surface area (Å²) < 4.78 is 22.5. The van der Waals surface area contributed by atoms with Crippen molar-refractivity contribution in [3.8, 4) is 5.75 Å². The highest BCUT2D eigenvalue weighted by atomic mass is 35.5. The number of hydrogen-bond donors (Lipinski definition) is 2. The van der Waals surface area contributed by atoms with Crippen molar-refractivity contribution in [3.05, 3.63) is 22.2 Å². The van der Waals surface area contributed by atoms with E-state index in [-0.39, 0.29) is 14.9 Å². The van der Waals surface area contributed by atoms with Crippen molar-refractivity contribution >= 4 is 45.7 Å². The summed E-state index contributed by atoms with van der Waals surface area (Å²) in [6, 6.07) is 2.41. The van der Waals surface area contributed by atoms with E-state index >= 15 is 0 Å². The van der Waals surface area contributed by atoms with Gasteiger partial charge < -0.3 is 5.11 Å². The number of halogens is 2. The molecule has 0 fully saturated rings. The molecule has 7 heteroatoms. The predicted molar refractivity (Wildman–Crippen MR) is 63.8 cm³/mol. The van der Waals surface area contributed by atoms with Gasteiger partial charge in [-0.25, -0.2) is 8.42 Å². The Kier molecular flexibility index (Phi) is 3.81. The molecule has 0 heterocycles. The zero-order valence-corrected chi connectivity index (χ0v) is 10.8. The first kappa shape index (κ1) is 13.0. The summed E-state index contributed by atoms with van der Waals surface area (Å²) in [6.07, 6.45) is 0. The Bertz CT molecular complexity index is 483. The molecule has 0 aliphatic carbocycles. The van der Waals surface area contributed by atoms with Crippen LogP contribution in [-0.4, -0.2) is 18.1 Å². The highest BCUT2D eigenvalue weighted by Gasteiger charge is 2.25. The van der Waals surface area contributed by atoms with Crippen LogP contribution in [0.3, 0.4) is 0 Å². The third-order valence-corrected chi connectivity index (χ3v) is 4.91. The molecule has 0 radical (unpaired) electrons. The predicted octanol–water partition coefficient (Wildman–Crippen LogP) is 2.75. The van der Waals surface area contributed by atoms with Crippen LogP contribution in [0.25, 0.3) is 0 Å². The van der Waals surface area contributed by atoms with Gasteiger partial charge in [-0.05, 0) is 19.1 Å². The molecular weight excluding hydrogens is 279 g/mol. The third kappa shape index (κ3) is 2.53. The number of hydrogen-bond acceptors (Lipinski definition) is 4. The Balaban J connectivity index is 3.52. The molecule has 0 aromatic heterocycles. The van der Waals surface area contributed by atoms with E-state index in [9.17, 15) is 13.5 Å². The summed E-state index contributed by atoms with van der Waals surface area (Å²) in [4.78, 5) is -0.303. The maximum Gasteiger partial charge on any atom is 0.193 e. The minimum Gasteiger partial charge on any atom is -0.505 e. The van der Waals surface area contributed by atoms with Crippen LogP contribution in [0.4, 0.5) is 0 Å². The molecule has 1 N–H and O–H groups in total. The molecule has 0 amide bonds. The van der Waals surface area contributed by atoms with Crippen LogP contribution < -0.4 is 0 Å². The summed E-state index contributed by atoms with van der Waals surface area (Å²) >= 11 is 15.1. The standard InChI is InChI=1S/C8H8Cl2O3S2/c1-4(14)15(12,13)7-3-5(9)2-6(10)8(7)11/h2-4,11,14H,1H3. The molecule has 84 valence electrons. The van der Waals surface area contributed by atoms with Gasteiger partial charge in [-0.2, -0.15) is 12.6 Å². The van der Waals surface area contributed by atoms with E-state index in [4.69, 9.17) is 23.2 Å². The van der Waals surface area contributed by atoms with Gasteiger partial charge in [0.15, 0.2) is 15.6 Å². The molecule has 0 bridgehead atoms. The molecule has 0 saturated carbocycles. The lowest BCUT2D eigenvalue weighted by Gasteiger charge is -2.10. The number of benzene rings is 1. The Morgan fingerprint density at radius 1 is 1.40 bits per heavy atom. The second-order valence-corrected chi connectivity index (χ2v) is 7.08. The van der Waals surface area contributed by atoms with Crippen molar-refractivity contribution in [2.75, 3.05) is 0 Å². The van der Waals surface area contributed by atoms with Crippen molar-refractivity contribution in [1.29, 1.82) is 0 Å². The highest BCUT2D eigenvalue weighted by molar-refractivity contribution is 8.05. The van der Waals surface area contributed by atoms with Gasteiger partial charge in [0.1, 0.15) is 9.48 Å². The van der Waals surface area contributed by atoms with E-state index in [0.29, 0.717) is 0 Å². The van der Waals surface area contributed by atoms with E-state index in [0.717, 1.165) is 6.07 Å². The summed E-state index contributed by atoms with van der Waals surface area (Å²) in [5, 5.41) is 9.54. The number of aromatic hydroxyl groups is 1. The second kappa shape index (κ2) is 4.41. The van der Waals surface area contributed by atoms with Gasteiger partial charge in [0.05, 0.1) is 5.02 Å². The molecule has 1 rings (SSSR count). The fourth-order valence-corrected chi connectivity index (χ4v) is 2.94. The van der Waals surface area contributed by atoms with E-state index in [1.165, 1.54) is 13.0 Å². The first-order valence-corrected chi connectivity index (χ1v) is 6.68. The Hall–Kier alpha value is -0.100. The number of thiol groups is 1. The average molecular weight is 287 g/mol. The van der Waals surface area contributed by atoms with Gasteiger partial charge in [0.25, 0.3) is 0 Å².